The molecule has 2 aliphatic heterocycles. The van der Waals surface area contributed by atoms with E-state index in [-0.39, 0.29) is 0 Å². The summed E-state index contributed by atoms with van der Waals surface area (Å²) in [5.41, 5.74) is 8.47. The Bertz CT molecular complexity index is 638. The van der Waals surface area contributed by atoms with E-state index < -0.39 is 0 Å². The number of piperazine rings is 2. The number of nitrogen functional groups attached to an aromatic ring is 1. The van der Waals surface area contributed by atoms with Crippen molar-refractivity contribution in [2.45, 2.75) is 13.8 Å². The van der Waals surface area contributed by atoms with Gasteiger partial charge in [0.25, 0.3) is 0 Å². The van der Waals surface area contributed by atoms with Gasteiger partial charge in [-0.3, -0.25) is 9.69 Å². The van der Waals surface area contributed by atoms with E-state index in [1.54, 1.807) is 6.07 Å². The van der Waals surface area contributed by atoms with Crippen LogP contribution in [0, 0.1) is 0 Å². The fraction of sp³-hybridized carbons (Fsp3) is 0.667. The largest absolute Gasteiger partial charge is 0.489 e. The first-order valence-electron chi connectivity index (χ1n) is 10.6. The van der Waals surface area contributed by atoms with Gasteiger partial charge in [-0.25, -0.2) is 0 Å². The van der Waals surface area contributed by atoms with Crippen molar-refractivity contribution in [2.24, 2.45) is 0 Å². The molecule has 0 aliphatic carbocycles. The van der Waals surface area contributed by atoms with Crippen molar-refractivity contribution in [3.05, 3.63) is 17.7 Å². The SMILES string of the molecule is CCN1CCN(CCOc2c(C=O)ccc(N)c2N2CCN(CC)CC2)CC1. The number of nitrogens with zero attached hydrogens (tertiary/aromatic N) is 4. The van der Waals surface area contributed by atoms with Gasteiger partial charge in [-0.1, -0.05) is 13.8 Å². The van der Waals surface area contributed by atoms with Gasteiger partial charge in [0.2, 0.25) is 0 Å². The van der Waals surface area contributed by atoms with Gasteiger partial charge in [-0.05, 0) is 25.2 Å². The van der Waals surface area contributed by atoms with E-state index in [1.165, 1.54) is 0 Å². The first-order chi connectivity index (χ1) is 13.7. The fourth-order valence-electron chi connectivity index (χ4n) is 4.07. The van der Waals surface area contributed by atoms with E-state index in [9.17, 15) is 4.79 Å². The van der Waals surface area contributed by atoms with Crippen LogP contribution in [0.15, 0.2) is 12.1 Å². The Morgan fingerprint density at radius 3 is 2.07 bits per heavy atom. The maximum absolute atomic E-state index is 11.6. The molecular formula is C21H35N5O2. The standard InChI is InChI=1S/C21H35N5O2/c1-3-23-7-9-25(10-8-23)15-16-28-21-18(17-27)5-6-19(22)20(21)26-13-11-24(4-2)12-14-26/h5-6,17H,3-4,7-16,22H2,1-2H3. The van der Waals surface area contributed by atoms with Crippen LogP contribution in [0.3, 0.4) is 0 Å². The average Bonchev–Trinajstić information content (AvgIpc) is 2.74. The van der Waals surface area contributed by atoms with Crippen LogP contribution in [0.4, 0.5) is 11.4 Å². The van der Waals surface area contributed by atoms with Crippen molar-refractivity contribution < 1.29 is 9.53 Å². The summed E-state index contributed by atoms with van der Waals surface area (Å²) in [6, 6.07) is 3.59. The second-order valence-electron chi connectivity index (χ2n) is 7.59. The molecule has 2 aliphatic rings. The molecule has 7 heteroatoms. The highest BCUT2D eigenvalue weighted by atomic mass is 16.5. The van der Waals surface area contributed by atoms with Crippen molar-refractivity contribution >= 4 is 17.7 Å². The highest BCUT2D eigenvalue weighted by molar-refractivity contribution is 5.89. The zero-order valence-corrected chi connectivity index (χ0v) is 17.4. The second-order valence-corrected chi connectivity index (χ2v) is 7.59. The van der Waals surface area contributed by atoms with Gasteiger partial charge in [0.15, 0.2) is 12.0 Å². The molecule has 1 aromatic carbocycles. The van der Waals surface area contributed by atoms with Crippen LogP contribution in [0.25, 0.3) is 0 Å². The van der Waals surface area contributed by atoms with Crippen LogP contribution >= 0.6 is 0 Å². The molecular weight excluding hydrogens is 354 g/mol. The Morgan fingerprint density at radius 2 is 1.50 bits per heavy atom. The average molecular weight is 390 g/mol. The minimum atomic E-state index is 0.568. The molecule has 7 nitrogen and oxygen atoms in total. The number of aldehydes is 1. The maximum atomic E-state index is 11.6. The number of carbonyl (C=O) groups is 1. The van der Waals surface area contributed by atoms with Gasteiger partial charge in [0.1, 0.15) is 12.3 Å². The zero-order valence-electron chi connectivity index (χ0n) is 17.4. The van der Waals surface area contributed by atoms with Crippen LogP contribution in [0.5, 0.6) is 5.75 Å². The number of benzene rings is 1. The third-order valence-corrected chi connectivity index (χ3v) is 6.02. The summed E-state index contributed by atoms with van der Waals surface area (Å²) >= 11 is 0. The topological polar surface area (TPSA) is 65.3 Å². The first kappa shape index (κ1) is 20.9. The lowest BCUT2D eigenvalue weighted by atomic mass is 10.1. The van der Waals surface area contributed by atoms with E-state index in [2.05, 4.69) is 33.4 Å². The Balaban J connectivity index is 1.66. The van der Waals surface area contributed by atoms with E-state index >= 15 is 0 Å². The molecule has 2 heterocycles. The fourth-order valence-corrected chi connectivity index (χ4v) is 4.07. The van der Waals surface area contributed by atoms with Crippen molar-refractivity contribution in [1.29, 1.82) is 0 Å². The molecule has 1 aromatic rings. The van der Waals surface area contributed by atoms with Crippen LogP contribution < -0.4 is 15.4 Å². The summed E-state index contributed by atoms with van der Waals surface area (Å²) in [4.78, 5) is 21.2. The monoisotopic (exact) mass is 389 g/mol. The van der Waals surface area contributed by atoms with Crippen molar-refractivity contribution in [2.75, 3.05) is 89.2 Å². The molecule has 28 heavy (non-hydrogen) atoms. The molecule has 2 fully saturated rings. The minimum absolute atomic E-state index is 0.568. The third kappa shape index (κ3) is 4.96. The van der Waals surface area contributed by atoms with Crippen LogP contribution in [0.2, 0.25) is 0 Å². The number of likely N-dealkylation sites (N-methyl/N-ethyl adjacent to an activating group) is 2. The molecule has 0 bridgehead atoms. The van der Waals surface area contributed by atoms with E-state index in [1.807, 2.05) is 6.07 Å². The number of ether oxygens (including phenoxy) is 1. The molecule has 0 atom stereocenters. The number of anilines is 2. The van der Waals surface area contributed by atoms with Gasteiger partial charge < -0.3 is 25.2 Å². The van der Waals surface area contributed by atoms with Gasteiger partial charge in [0.05, 0.1) is 11.3 Å². The normalized spacial score (nSPS) is 19.7. The number of carbonyl (C=O) groups excluding carboxylic acids is 1. The van der Waals surface area contributed by atoms with E-state index in [4.69, 9.17) is 10.5 Å². The van der Waals surface area contributed by atoms with Crippen LogP contribution in [0.1, 0.15) is 24.2 Å². The van der Waals surface area contributed by atoms with Gasteiger partial charge >= 0.3 is 0 Å². The molecule has 156 valence electrons. The quantitative estimate of drug-likeness (QED) is 0.530. The molecule has 0 radical (unpaired) electrons. The smallest absolute Gasteiger partial charge is 0.155 e. The molecule has 2 saturated heterocycles. The Morgan fingerprint density at radius 1 is 0.929 bits per heavy atom. The summed E-state index contributed by atoms with van der Waals surface area (Å²) in [5, 5.41) is 0. The zero-order chi connectivity index (χ0) is 19.9. The number of rotatable bonds is 8. The van der Waals surface area contributed by atoms with Gasteiger partial charge in [-0.2, -0.15) is 0 Å². The minimum Gasteiger partial charge on any atom is -0.489 e. The van der Waals surface area contributed by atoms with E-state index in [0.29, 0.717) is 23.6 Å². The molecule has 0 amide bonds. The van der Waals surface area contributed by atoms with E-state index in [0.717, 1.165) is 84.0 Å². The molecule has 0 saturated carbocycles. The lowest BCUT2D eigenvalue weighted by Gasteiger charge is -2.37. The molecule has 0 aromatic heterocycles. The Hall–Kier alpha value is -1.83. The van der Waals surface area contributed by atoms with Gasteiger partial charge in [0, 0.05) is 58.9 Å². The highest BCUT2D eigenvalue weighted by Gasteiger charge is 2.23. The lowest BCUT2D eigenvalue weighted by Crippen LogP contribution is -2.47. The number of nitrogens with two attached hydrogens (primary N) is 1. The van der Waals surface area contributed by atoms with Crippen molar-refractivity contribution in [3.8, 4) is 5.75 Å². The summed E-state index contributed by atoms with van der Waals surface area (Å²) in [7, 11) is 0. The molecule has 0 spiro atoms. The highest BCUT2D eigenvalue weighted by Crippen LogP contribution is 2.37. The Kier molecular flexibility index (Phi) is 7.53. The maximum Gasteiger partial charge on any atom is 0.155 e. The van der Waals surface area contributed by atoms with Crippen LogP contribution in [-0.4, -0.2) is 99.6 Å². The van der Waals surface area contributed by atoms with Crippen LogP contribution in [-0.2, 0) is 0 Å². The summed E-state index contributed by atoms with van der Waals surface area (Å²) < 4.78 is 6.18. The summed E-state index contributed by atoms with van der Waals surface area (Å²) in [5.74, 6) is 0.646. The van der Waals surface area contributed by atoms with Gasteiger partial charge in [-0.15, -0.1) is 0 Å². The predicted octanol–water partition coefficient (Wildman–Crippen LogP) is 1.24. The number of hydrogen-bond acceptors (Lipinski definition) is 7. The van der Waals surface area contributed by atoms with Crippen molar-refractivity contribution in [3.63, 3.8) is 0 Å². The molecule has 2 N–H and O–H groups in total. The summed E-state index contributed by atoms with van der Waals surface area (Å²) in [6.45, 7) is 16.2. The molecule has 0 unspecified atom stereocenters. The third-order valence-electron chi connectivity index (χ3n) is 6.02. The molecule has 3 rings (SSSR count). The number of hydrogen-bond donors (Lipinski definition) is 1. The van der Waals surface area contributed by atoms with Crippen molar-refractivity contribution in [1.82, 2.24) is 14.7 Å². The summed E-state index contributed by atoms with van der Waals surface area (Å²) in [6.07, 6.45) is 0.876. The lowest BCUT2D eigenvalue weighted by molar-refractivity contribution is 0.111. The first-order valence-corrected chi connectivity index (χ1v) is 10.6. The predicted molar refractivity (Wildman–Crippen MR) is 115 cm³/mol. The second kappa shape index (κ2) is 10.1. The Labute approximate surface area is 169 Å².